The van der Waals surface area contributed by atoms with Crippen LogP contribution in [-0.2, 0) is 4.79 Å². The van der Waals surface area contributed by atoms with Gasteiger partial charge < -0.3 is 11.2 Å². The number of thioether (sulfide) groups is 1. The van der Waals surface area contributed by atoms with Gasteiger partial charge in [-0.25, -0.2) is 4.68 Å². The van der Waals surface area contributed by atoms with Gasteiger partial charge in [0, 0.05) is 21.8 Å². The average molecular weight is 450 g/mol. The molecule has 7 nitrogen and oxygen atoms in total. The molecule has 0 aliphatic carbocycles. The Morgan fingerprint density at radius 3 is 2.62 bits per heavy atom. The first kappa shape index (κ1) is 21.2. The van der Waals surface area contributed by atoms with E-state index in [4.69, 9.17) is 29.0 Å². The summed E-state index contributed by atoms with van der Waals surface area (Å²) in [4.78, 5) is 24.0. The first-order valence-electron chi connectivity index (χ1n) is 8.50. The number of nitrogens with two attached hydrogens (primary N) is 1. The van der Waals surface area contributed by atoms with Gasteiger partial charge in [-0.15, -0.1) is 10.2 Å². The molecular weight excluding hydrogens is 433 g/mol. The minimum absolute atomic E-state index is 0.0758. The maximum Gasteiger partial charge on any atom is 0.237 e. The van der Waals surface area contributed by atoms with Crippen molar-refractivity contribution >= 4 is 52.3 Å². The van der Waals surface area contributed by atoms with Gasteiger partial charge in [-0.05, 0) is 44.2 Å². The van der Waals surface area contributed by atoms with Crippen LogP contribution in [0.5, 0.6) is 0 Å². The summed E-state index contributed by atoms with van der Waals surface area (Å²) in [7, 11) is 0. The van der Waals surface area contributed by atoms with Crippen molar-refractivity contribution in [3.05, 3.63) is 58.1 Å². The van der Waals surface area contributed by atoms with Crippen molar-refractivity contribution in [1.29, 1.82) is 0 Å². The molecule has 1 heterocycles. The topological polar surface area (TPSA) is 103 Å². The van der Waals surface area contributed by atoms with Crippen LogP contribution in [0.1, 0.15) is 24.2 Å². The quantitative estimate of drug-likeness (QED) is 0.330. The van der Waals surface area contributed by atoms with E-state index >= 15 is 0 Å². The number of benzene rings is 2. The second-order valence-electron chi connectivity index (χ2n) is 6.19. The lowest BCUT2D eigenvalue weighted by atomic mass is 10.1. The van der Waals surface area contributed by atoms with Crippen LogP contribution in [0.25, 0.3) is 11.4 Å². The minimum Gasteiger partial charge on any atom is -0.335 e. The normalized spacial score (nSPS) is 11.9. The Bertz CT molecular complexity index is 1090. The molecule has 2 aromatic carbocycles. The highest BCUT2D eigenvalue weighted by Gasteiger charge is 2.21. The molecule has 3 aromatic rings. The fourth-order valence-electron chi connectivity index (χ4n) is 2.48. The highest BCUT2D eigenvalue weighted by Crippen LogP contribution is 2.31. The Hall–Kier alpha value is -2.55. The van der Waals surface area contributed by atoms with Gasteiger partial charge in [-0.2, -0.15) is 0 Å². The first-order valence-corrected chi connectivity index (χ1v) is 10.1. The molecule has 150 valence electrons. The van der Waals surface area contributed by atoms with Gasteiger partial charge in [0.1, 0.15) is 0 Å². The van der Waals surface area contributed by atoms with Gasteiger partial charge in [0.05, 0.1) is 10.3 Å². The van der Waals surface area contributed by atoms with Crippen LogP contribution in [0.4, 0.5) is 5.69 Å². The summed E-state index contributed by atoms with van der Waals surface area (Å²) in [5.74, 6) is 6.13. The summed E-state index contributed by atoms with van der Waals surface area (Å²) >= 11 is 13.3. The van der Waals surface area contributed by atoms with Crippen molar-refractivity contribution in [3.63, 3.8) is 0 Å². The highest BCUT2D eigenvalue weighted by molar-refractivity contribution is 8.00. The fourth-order valence-corrected chi connectivity index (χ4v) is 3.75. The molecule has 29 heavy (non-hydrogen) atoms. The first-order chi connectivity index (χ1) is 13.8. The second kappa shape index (κ2) is 8.86. The summed E-state index contributed by atoms with van der Waals surface area (Å²) < 4.78 is 1.28. The van der Waals surface area contributed by atoms with E-state index in [1.807, 2.05) is 0 Å². The number of rotatable bonds is 6. The summed E-state index contributed by atoms with van der Waals surface area (Å²) in [6, 6.07) is 11.7. The molecule has 3 rings (SSSR count). The number of halogens is 2. The van der Waals surface area contributed by atoms with E-state index in [0.717, 1.165) is 11.8 Å². The van der Waals surface area contributed by atoms with E-state index < -0.39 is 5.25 Å². The van der Waals surface area contributed by atoms with E-state index in [1.165, 1.54) is 11.6 Å². The molecule has 0 radical (unpaired) electrons. The summed E-state index contributed by atoms with van der Waals surface area (Å²) in [5.41, 5.74) is 1.64. The Morgan fingerprint density at radius 1 is 1.17 bits per heavy atom. The molecule has 0 saturated heterocycles. The number of nitrogen functional groups attached to an aromatic ring is 1. The second-order valence-corrected chi connectivity index (χ2v) is 8.34. The van der Waals surface area contributed by atoms with Gasteiger partial charge in [0.25, 0.3) is 0 Å². The third kappa shape index (κ3) is 4.90. The molecule has 0 aliphatic rings. The van der Waals surface area contributed by atoms with Crippen molar-refractivity contribution in [2.45, 2.75) is 24.3 Å². The highest BCUT2D eigenvalue weighted by atomic mass is 35.5. The lowest BCUT2D eigenvalue weighted by molar-refractivity contribution is -0.115. The van der Waals surface area contributed by atoms with Crippen molar-refractivity contribution in [2.24, 2.45) is 0 Å². The largest absolute Gasteiger partial charge is 0.335 e. The average Bonchev–Trinajstić information content (AvgIpc) is 3.02. The Kier molecular flexibility index (Phi) is 6.46. The number of aromatic nitrogens is 3. The van der Waals surface area contributed by atoms with Crippen LogP contribution in [-0.4, -0.2) is 31.8 Å². The van der Waals surface area contributed by atoms with Gasteiger partial charge >= 0.3 is 0 Å². The van der Waals surface area contributed by atoms with Crippen LogP contribution in [0.2, 0.25) is 10.0 Å². The van der Waals surface area contributed by atoms with Crippen LogP contribution < -0.4 is 11.2 Å². The van der Waals surface area contributed by atoms with Crippen LogP contribution in [0, 0.1) is 0 Å². The van der Waals surface area contributed by atoms with E-state index in [1.54, 1.807) is 49.4 Å². The number of Topliss-reactive ketones (excluding diaryl/α,β-unsaturated/α-hetero) is 1. The van der Waals surface area contributed by atoms with Crippen molar-refractivity contribution in [3.8, 4) is 11.4 Å². The standard InChI is InChI=1S/C19H17Cl2N5O2S/c1-10(27)12-4-3-5-14(8-12)23-18(28)11(2)29-19-25-24-17(26(19)22)15-7-6-13(20)9-16(15)21/h3-9,11H,22H2,1-2H3,(H,23,28). The maximum atomic E-state index is 12.5. The number of nitrogens with one attached hydrogen (secondary N) is 1. The SMILES string of the molecule is CC(=O)c1cccc(NC(=O)C(C)Sc2nnc(-c3ccc(Cl)cc3Cl)n2N)c1. The summed E-state index contributed by atoms with van der Waals surface area (Å²) in [6.07, 6.45) is 0. The Morgan fingerprint density at radius 2 is 1.93 bits per heavy atom. The lowest BCUT2D eigenvalue weighted by Crippen LogP contribution is -2.23. The Labute approximate surface area is 181 Å². The number of amides is 1. The zero-order chi connectivity index (χ0) is 21.1. The van der Waals surface area contributed by atoms with Crippen LogP contribution >= 0.6 is 35.0 Å². The zero-order valence-corrected chi connectivity index (χ0v) is 17.8. The molecule has 10 heteroatoms. The molecule has 0 spiro atoms. The number of nitrogens with zero attached hydrogens (tertiary/aromatic N) is 3. The van der Waals surface area contributed by atoms with E-state index in [2.05, 4.69) is 15.5 Å². The molecule has 0 fully saturated rings. The van der Waals surface area contributed by atoms with Gasteiger partial charge in [-0.1, -0.05) is 47.1 Å². The lowest BCUT2D eigenvalue weighted by Gasteiger charge is -2.12. The van der Waals surface area contributed by atoms with Crippen LogP contribution in [0.15, 0.2) is 47.6 Å². The molecule has 1 aromatic heterocycles. The van der Waals surface area contributed by atoms with Crippen LogP contribution in [0.3, 0.4) is 0 Å². The van der Waals surface area contributed by atoms with E-state index in [0.29, 0.717) is 37.8 Å². The fraction of sp³-hybridized carbons (Fsp3) is 0.158. The number of anilines is 1. The monoisotopic (exact) mass is 449 g/mol. The molecule has 1 amide bonds. The maximum absolute atomic E-state index is 12.5. The van der Waals surface area contributed by atoms with E-state index in [-0.39, 0.29) is 11.7 Å². The predicted molar refractivity (Wildman–Crippen MR) is 116 cm³/mol. The molecule has 1 atom stereocenters. The smallest absolute Gasteiger partial charge is 0.237 e. The molecule has 0 saturated carbocycles. The third-order valence-electron chi connectivity index (χ3n) is 4.02. The molecule has 1 unspecified atom stereocenters. The minimum atomic E-state index is -0.518. The Balaban J connectivity index is 1.73. The van der Waals surface area contributed by atoms with E-state index in [9.17, 15) is 9.59 Å². The van der Waals surface area contributed by atoms with Crippen molar-refractivity contribution in [1.82, 2.24) is 14.9 Å². The van der Waals surface area contributed by atoms with Gasteiger partial charge in [0.15, 0.2) is 11.6 Å². The predicted octanol–water partition coefficient (Wildman–Crippen LogP) is 4.29. The zero-order valence-electron chi connectivity index (χ0n) is 15.5. The number of ketones is 1. The number of hydrogen-bond donors (Lipinski definition) is 2. The molecule has 0 aliphatic heterocycles. The number of hydrogen-bond acceptors (Lipinski definition) is 6. The van der Waals surface area contributed by atoms with Gasteiger partial charge in [0.2, 0.25) is 11.1 Å². The van der Waals surface area contributed by atoms with Crippen molar-refractivity contribution < 1.29 is 9.59 Å². The summed E-state index contributed by atoms with van der Waals surface area (Å²) in [5, 5.41) is 11.6. The molecule has 0 bridgehead atoms. The van der Waals surface area contributed by atoms with Gasteiger partial charge in [-0.3, -0.25) is 9.59 Å². The molecule has 3 N–H and O–H groups in total. The third-order valence-corrected chi connectivity index (χ3v) is 5.63. The summed E-state index contributed by atoms with van der Waals surface area (Å²) in [6.45, 7) is 3.19. The molecular formula is C19H17Cl2N5O2S. The number of carbonyl (C=O) groups is 2. The number of carbonyl (C=O) groups excluding carboxylic acids is 2. The van der Waals surface area contributed by atoms with Crippen molar-refractivity contribution in [2.75, 3.05) is 11.2 Å².